The molecule has 170 valence electrons. The lowest BCUT2D eigenvalue weighted by molar-refractivity contribution is -0.0495. The van der Waals surface area contributed by atoms with Crippen molar-refractivity contribution in [3.8, 4) is 5.75 Å². The van der Waals surface area contributed by atoms with E-state index in [2.05, 4.69) is 20.4 Å². The molecule has 2 N–H and O–H groups in total. The topological polar surface area (TPSA) is 86.3 Å². The number of aliphatic imine (C=N–C) groups is 1. The Labute approximate surface area is 193 Å². The first-order valence-corrected chi connectivity index (χ1v) is 11.2. The minimum absolute atomic E-state index is 0. The maximum atomic E-state index is 12.6. The minimum Gasteiger partial charge on any atom is -0.433 e. The number of rotatable bonds is 7. The molecule has 30 heavy (non-hydrogen) atoms. The molecule has 3 rings (SSSR count). The van der Waals surface area contributed by atoms with Crippen molar-refractivity contribution in [2.45, 2.75) is 25.5 Å². The number of anilines is 1. The Morgan fingerprint density at radius 2 is 2.10 bits per heavy atom. The fourth-order valence-corrected chi connectivity index (χ4v) is 5.17. The number of nitrogens with zero attached hydrogens (tertiary/aromatic N) is 3. The van der Waals surface area contributed by atoms with Crippen LogP contribution in [-0.4, -0.2) is 76.9 Å². The maximum absolute atomic E-state index is 12.6. The highest BCUT2D eigenvalue weighted by atomic mass is 127. The lowest BCUT2D eigenvalue weighted by atomic mass is 10.2. The SMILES string of the molecule is CN=C(NCCN1CCCS1(=O)=O)NC1CCN(c2ccccc2OC(F)F)C1.I. The molecule has 2 saturated heterocycles. The maximum Gasteiger partial charge on any atom is 0.387 e. The van der Waals surface area contributed by atoms with Crippen molar-refractivity contribution in [1.82, 2.24) is 14.9 Å². The molecule has 0 aliphatic carbocycles. The van der Waals surface area contributed by atoms with Gasteiger partial charge in [-0.1, -0.05) is 12.1 Å². The molecule has 1 aromatic carbocycles. The van der Waals surface area contributed by atoms with Crippen LogP contribution in [0, 0.1) is 0 Å². The zero-order chi connectivity index (χ0) is 20.9. The minimum atomic E-state index is -3.10. The molecule has 0 radical (unpaired) electrons. The van der Waals surface area contributed by atoms with E-state index in [-0.39, 0.29) is 41.5 Å². The van der Waals surface area contributed by atoms with Crippen molar-refractivity contribution in [2.24, 2.45) is 4.99 Å². The van der Waals surface area contributed by atoms with Gasteiger partial charge in [-0.25, -0.2) is 12.7 Å². The van der Waals surface area contributed by atoms with Crippen molar-refractivity contribution in [3.05, 3.63) is 24.3 Å². The van der Waals surface area contributed by atoms with E-state index in [0.717, 1.165) is 6.42 Å². The highest BCUT2D eigenvalue weighted by Gasteiger charge is 2.28. The molecule has 2 aliphatic heterocycles. The van der Waals surface area contributed by atoms with Crippen LogP contribution >= 0.6 is 24.0 Å². The molecule has 1 aromatic rings. The summed E-state index contributed by atoms with van der Waals surface area (Å²) < 4.78 is 55.1. The highest BCUT2D eigenvalue weighted by molar-refractivity contribution is 14.0. The van der Waals surface area contributed by atoms with E-state index in [1.807, 2.05) is 4.90 Å². The van der Waals surface area contributed by atoms with Crippen molar-refractivity contribution >= 4 is 45.6 Å². The third-order valence-corrected chi connectivity index (χ3v) is 6.99. The second-order valence-corrected chi connectivity index (χ2v) is 9.08. The Morgan fingerprint density at radius 1 is 1.33 bits per heavy atom. The molecule has 8 nitrogen and oxygen atoms in total. The van der Waals surface area contributed by atoms with Gasteiger partial charge in [0.05, 0.1) is 11.4 Å². The molecule has 0 bridgehead atoms. The molecule has 1 unspecified atom stereocenters. The number of guanidine groups is 1. The Balaban J connectivity index is 0.00000320. The first kappa shape index (κ1) is 24.9. The second-order valence-electron chi connectivity index (χ2n) is 6.99. The van der Waals surface area contributed by atoms with Gasteiger partial charge in [0.25, 0.3) is 0 Å². The van der Waals surface area contributed by atoms with Crippen molar-refractivity contribution in [3.63, 3.8) is 0 Å². The summed E-state index contributed by atoms with van der Waals surface area (Å²) in [6.07, 6.45) is 1.48. The standard InChI is InChI=1S/C18H27F2N5O3S.HI/c1-21-18(22-8-11-25-9-4-12-29(25,26)27)23-14-7-10-24(13-14)15-5-2-3-6-16(15)28-17(19)20;/h2-3,5-6,14,17H,4,7-13H2,1H3,(H2,21,22,23);1H. The number of hydrogen-bond donors (Lipinski definition) is 2. The van der Waals surface area contributed by atoms with E-state index in [0.29, 0.717) is 50.8 Å². The van der Waals surface area contributed by atoms with Crippen LogP contribution < -0.4 is 20.3 Å². The molecule has 2 heterocycles. The molecular weight excluding hydrogens is 531 g/mol. The number of halogens is 3. The van der Waals surface area contributed by atoms with Crippen LogP contribution in [-0.2, 0) is 10.0 Å². The Bertz CT molecular complexity index is 828. The van der Waals surface area contributed by atoms with Gasteiger partial charge in [0.1, 0.15) is 5.75 Å². The summed E-state index contributed by atoms with van der Waals surface area (Å²) >= 11 is 0. The van der Waals surface area contributed by atoms with Gasteiger partial charge in [-0.15, -0.1) is 24.0 Å². The van der Waals surface area contributed by atoms with E-state index < -0.39 is 16.6 Å². The van der Waals surface area contributed by atoms with Gasteiger partial charge in [-0.2, -0.15) is 8.78 Å². The van der Waals surface area contributed by atoms with Crippen molar-refractivity contribution in [2.75, 3.05) is 50.4 Å². The second kappa shape index (κ2) is 11.3. The Morgan fingerprint density at radius 3 is 2.77 bits per heavy atom. The van der Waals surface area contributed by atoms with E-state index in [1.165, 1.54) is 10.4 Å². The third kappa shape index (κ3) is 6.54. The quantitative estimate of drug-likeness (QED) is 0.301. The van der Waals surface area contributed by atoms with E-state index >= 15 is 0 Å². The fourth-order valence-electron chi connectivity index (χ4n) is 3.64. The van der Waals surface area contributed by atoms with E-state index in [4.69, 9.17) is 0 Å². The van der Waals surface area contributed by atoms with Crippen LogP contribution in [0.25, 0.3) is 0 Å². The zero-order valence-corrected chi connectivity index (χ0v) is 19.9. The number of hydrogen-bond acceptors (Lipinski definition) is 5. The lowest BCUT2D eigenvalue weighted by Gasteiger charge is -2.23. The fraction of sp³-hybridized carbons (Fsp3) is 0.611. The van der Waals surface area contributed by atoms with Gasteiger partial charge in [-0.3, -0.25) is 4.99 Å². The monoisotopic (exact) mass is 559 g/mol. The molecule has 1 atom stereocenters. The number of ether oxygens (including phenoxy) is 1. The van der Waals surface area contributed by atoms with Gasteiger partial charge in [-0.05, 0) is 25.0 Å². The highest BCUT2D eigenvalue weighted by Crippen LogP contribution is 2.31. The van der Waals surface area contributed by atoms with Gasteiger partial charge < -0.3 is 20.3 Å². The zero-order valence-electron chi connectivity index (χ0n) is 16.8. The molecule has 0 saturated carbocycles. The summed E-state index contributed by atoms with van der Waals surface area (Å²) in [5, 5.41) is 6.46. The number of nitrogens with one attached hydrogen (secondary N) is 2. The first-order valence-electron chi connectivity index (χ1n) is 9.63. The third-order valence-electron chi connectivity index (χ3n) is 5.03. The molecule has 2 aliphatic rings. The molecule has 0 spiro atoms. The van der Waals surface area contributed by atoms with Gasteiger partial charge in [0, 0.05) is 45.8 Å². The van der Waals surface area contributed by atoms with Crippen LogP contribution in [0.5, 0.6) is 5.75 Å². The molecular formula is C18H28F2IN5O3S. The van der Waals surface area contributed by atoms with Crippen LogP contribution in [0.1, 0.15) is 12.8 Å². The van der Waals surface area contributed by atoms with Crippen LogP contribution in [0.3, 0.4) is 0 Å². The molecule has 12 heteroatoms. The summed E-state index contributed by atoms with van der Waals surface area (Å²) in [6, 6.07) is 6.84. The van der Waals surface area contributed by atoms with E-state index in [1.54, 1.807) is 25.2 Å². The van der Waals surface area contributed by atoms with Crippen LogP contribution in [0.4, 0.5) is 14.5 Å². The summed E-state index contributed by atoms with van der Waals surface area (Å²) in [4.78, 5) is 6.19. The number of sulfonamides is 1. The normalized spacial score (nSPS) is 21.5. The van der Waals surface area contributed by atoms with Gasteiger partial charge in [0.2, 0.25) is 10.0 Å². The number of benzene rings is 1. The lowest BCUT2D eigenvalue weighted by Crippen LogP contribution is -2.46. The summed E-state index contributed by atoms with van der Waals surface area (Å²) in [7, 11) is -1.45. The summed E-state index contributed by atoms with van der Waals surface area (Å²) in [6.45, 7) is -0.128. The first-order chi connectivity index (χ1) is 13.9. The Hall–Kier alpha value is -1.41. The van der Waals surface area contributed by atoms with Crippen LogP contribution in [0.15, 0.2) is 29.3 Å². The van der Waals surface area contributed by atoms with Crippen LogP contribution in [0.2, 0.25) is 0 Å². The predicted molar refractivity (Wildman–Crippen MR) is 124 cm³/mol. The Kier molecular flexibility index (Phi) is 9.34. The average Bonchev–Trinajstić information content (AvgIpc) is 3.27. The average molecular weight is 559 g/mol. The van der Waals surface area contributed by atoms with Gasteiger partial charge >= 0.3 is 6.61 Å². The number of alkyl halides is 2. The van der Waals surface area contributed by atoms with Crippen molar-refractivity contribution < 1.29 is 21.9 Å². The molecule has 0 aromatic heterocycles. The number of para-hydroxylation sites is 2. The predicted octanol–water partition coefficient (Wildman–Crippen LogP) is 1.69. The van der Waals surface area contributed by atoms with Crippen molar-refractivity contribution in [1.29, 1.82) is 0 Å². The van der Waals surface area contributed by atoms with E-state index in [9.17, 15) is 17.2 Å². The van der Waals surface area contributed by atoms with Gasteiger partial charge in [0.15, 0.2) is 5.96 Å². The molecule has 0 amide bonds. The largest absolute Gasteiger partial charge is 0.433 e. The summed E-state index contributed by atoms with van der Waals surface area (Å²) in [5.74, 6) is 0.970. The summed E-state index contributed by atoms with van der Waals surface area (Å²) in [5.41, 5.74) is 0.638. The smallest absolute Gasteiger partial charge is 0.387 e. The molecule has 2 fully saturated rings.